The van der Waals surface area contributed by atoms with Crippen LogP contribution in [0, 0.1) is 5.82 Å². The Hall–Kier alpha value is -1.52. The number of fused-ring (bicyclic) bond motifs is 1. The van der Waals surface area contributed by atoms with Crippen molar-refractivity contribution >= 4 is 33.2 Å². The van der Waals surface area contributed by atoms with Gasteiger partial charge in [-0.05, 0) is 12.1 Å². The Morgan fingerprint density at radius 1 is 1.18 bits per heavy atom. The third-order valence-corrected chi connectivity index (χ3v) is 3.69. The quantitative estimate of drug-likeness (QED) is 0.660. The van der Waals surface area contributed by atoms with Crippen molar-refractivity contribution in [2.24, 2.45) is 0 Å². The summed E-state index contributed by atoms with van der Waals surface area (Å²) in [6.07, 6.45) is 4.41. The molecule has 0 saturated heterocycles. The van der Waals surface area contributed by atoms with Crippen molar-refractivity contribution in [3.8, 4) is 11.1 Å². The number of hydrogen-bond donors (Lipinski definition) is 0. The summed E-state index contributed by atoms with van der Waals surface area (Å²) >= 11 is 7.58. The number of thiophene rings is 1. The van der Waals surface area contributed by atoms with Gasteiger partial charge in [0.1, 0.15) is 10.6 Å². The molecule has 3 rings (SSSR count). The first-order valence-electron chi connectivity index (χ1n) is 4.89. The second-order valence-corrected chi connectivity index (χ2v) is 4.74. The normalized spacial score (nSPS) is 10.9. The number of hydrogen-bond acceptors (Lipinski definition) is 3. The second kappa shape index (κ2) is 4.05. The Morgan fingerprint density at radius 2 is 2.06 bits per heavy atom. The molecule has 0 saturated carbocycles. The molecule has 0 aliphatic heterocycles. The Morgan fingerprint density at radius 3 is 2.88 bits per heavy atom. The minimum atomic E-state index is -0.355. The average Bonchev–Trinajstić information content (AvgIpc) is 2.75. The Balaban J connectivity index is 2.36. The van der Waals surface area contributed by atoms with Crippen molar-refractivity contribution in [1.82, 2.24) is 9.97 Å². The zero-order valence-electron chi connectivity index (χ0n) is 8.52. The highest BCUT2D eigenvalue weighted by atomic mass is 35.5. The van der Waals surface area contributed by atoms with Crippen LogP contribution in [-0.4, -0.2) is 9.97 Å². The van der Waals surface area contributed by atoms with Gasteiger partial charge >= 0.3 is 0 Å². The topological polar surface area (TPSA) is 25.8 Å². The lowest BCUT2D eigenvalue weighted by Crippen LogP contribution is -1.85. The van der Waals surface area contributed by atoms with Crippen molar-refractivity contribution in [3.05, 3.63) is 46.9 Å². The van der Waals surface area contributed by atoms with Gasteiger partial charge in [0, 0.05) is 34.3 Å². The maximum Gasteiger partial charge on any atom is 0.149 e. The first-order valence-corrected chi connectivity index (χ1v) is 6.14. The van der Waals surface area contributed by atoms with Gasteiger partial charge in [-0.2, -0.15) is 0 Å². The summed E-state index contributed by atoms with van der Waals surface area (Å²) in [6, 6.07) is 3.35. The van der Waals surface area contributed by atoms with Gasteiger partial charge in [0.2, 0.25) is 0 Å². The van der Waals surface area contributed by atoms with Crippen LogP contribution in [0.25, 0.3) is 21.3 Å². The van der Waals surface area contributed by atoms with E-state index in [0.717, 1.165) is 15.8 Å². The van der Waals surface area contributed by atoms with Gasteiger partial charge in [0.05, 0.1) is 11.2 Å². The second-order valence-electron chi connectivity index (χ2n) is 3.48. The standard InChI is InChI=1S/C12H6ClFN2S/c13-9-2-4-16-12-11(9)8(6-17-12)7-1-3-15-5-10(7)14/h1-6H. The highest BCUT2D eigenvalue weighted by Crippen LogP contribution is 2.37. The number of pyridine rings is 2. The molecule has 5 heteroatoms. The van der Waals surface area contributed by atoms with E-state index in [0.29, 0.717) is 10.6 Å². The fraction of sp³-hybridized carbons (Fsp3) is 0. The third-order valence-electron chi connectivity index (χ3n) is 2.49. The van der Waals surface area contributed by atoms with Crippen molar-refractivity contribution in [2.75, 3.05) is 0 Å². The molecule has 0 spiro atoms. The Kier molecular flexibility index (Phi) is 2.53. The molecule has 0 aromatic carbocycles. The van der Waals surface area contributed by atoms with E-state index in [9.17, 15) is 4.39 Å². The van der Waals surface area contributed by atoms with Crippen LogP contribution < -0.4 is 0 Å². The van der Waals surface area contributed by atoms with Crippen LogP contribution in [0.4, 0.5) is 4.39 Å². The van der Waals surface area contributed by atoms with E-state index >= 15 is 0 Å². The fourth-order valence-corrected chi connectivity index (χ4v) is 2.96. The van der Waals surface area contributed by atoms with E-state index in [1.54, 1.807) is 24.5 Å². The molecule has 3 aromatic rings. The van der Waals surface area contributed by atoms with Crippen LogP contribution >= 0.6 is 22.9 Å². The molecule has 0 N–H and O–H groups in total. The van der Waals surface area contributed by atoms with Gasteiger partial charge in [-0.3, -0.25) is 4.98 Å². The molecule has 0 radical (unpaired) electrons. The van der Waals surface area contributed by atoms with E-state index in [4.69, 9.17) is 11.6 Å². The molecule has 0 aliphatic carbocycles. The Bertz CT molecular complexity index is 696. The molecule has 0 fully saturated rings. The van der Waals surface area contributed by atoms with E-state index in [2.05, 4.69) is 9.97 Å². The van der Waals surface area contributed by atoms with E-state index < -0.39 is 0 Å². The van der Waals surface area contributed by atoms with Gasteiger partial charge in [-0.1, -0.05) is 11.6 Å². The summed E-state index contributed by atoms with van der Waals surface area (Å²) in [5.74, 6) is -0.355. The number of halogens is 2. The van der Waals surface area contributed by atoms with Crippen molar-refractivity contribution in [2.45, 2.75) is 0 Å². The summed E-state index contributed by atoms with van der Waals surface area (Å²) in [7, 11) is 0. The van der Waals surface area contributed by atoms with Gasteiger partial charge in [0.15, 0.2) is 0 Å². The molecule has 0 atom stereocenters. The lowest BCUT2D eigenvalue weighted by atomic mass is 10.1. The summed E-state index contributed by atoms with van der Waals surface area (Å²) in [5, 5.41) is 3.24. The highest BCUT2D eigenvalue weighted by Gasteiger charge is 2.13. The van der Waals surface area contributed by atoms with Crippen molar-refractivity contribution in [3.63, 3.8) is 0 Å². The van der Waals surface area contributed by atoms with Crippen LogP contribution in [0.2, 0.25) is 5.02 Å². The zero-order valence-corrected chi connectivity index (χ0v) is 10.1. The molecule has 0 amide bonds. The van der Waals surface area contributed by atoms with Gasteiger partial charge in [-0.25, -0.2) is 9.37 Å². The highest BCUT2D eigenvalue weighted by molar-refractivity contribution is 7.17. The summed E-state index contributed by atoms with van der Waals surface area (Å²) in [5.41, 5.74) is 1.27. The SMILES string of the molecule is Fc1cnccc1-c1csc2nccc(Cl)c12. The molecule has 3 heterocycles. The molecular weight excluding hydrogens is 259 g/mol. The summed E-state index contributed by atoms with van der Waals surface area (Å²) in [6.45, 7) is 0. The van der Waals surface area contributed by atoms with Crippen LogP contribution in [0.1, 0.15) is 0 Å². The predicted octanol–water partition coefficient (Wildman–Crippen LogP) is 4.15. The van der Waals surface area contributed by atoms with Gasteiger partial charge in [-0.15, -0.1) is 11.3 Å². The summed E-state index contributed by atoms with van der Waals surface area (Å²) in [4.78, 5) is 8.76. The van der Waals surface area contributed by atoms with Gasteiger partial charge < -0.3 is 0 Å². The number of nitrogens with zero attached hydrogens (tertiary/aromatic N) is 2. The molecule has 0 aliphatic rings. The Labute approximate surface area is 106 Å². The first-order chi connectivity index (χ1) is 8.27. The zero-order chi connectivity index (χ0) is 11.8. The largest absolute Gasteiger partial charge is 0.262 e. The molecular formula is C12H6ClFN2S. The summed E-state index contributed by atoms with van der Waals surface area (Å²) < 4.78 is 13.7. The van der Waals surface area contributed by atoms with E-state index in [-0.39, 0.29) is 5.82 Å². The van der Waals surface area contributed by atoms with E-state index in [1.807, 2.05) is 5.38 Å². The van der Waals surface area contributed by atoms with E-state index in [1.165, 1.54) is 17.5 Å². The average molecular weight is 265 g/mol. The monoisotopic (exact) mass is 264 g/mol. The van der Waals surface area contributed by atoms with Crippen LogP contribution in [0.5, 0.6) is 0 Å². The van der Waals surface area contributed by atoms with Crippen LogP contribution in [0.15, 0.2) is 36.1 Å². The number of rotatable bonds is 1. The smallest absolute Gasteiger partial charge is 0.149 e. The molecule has 17 heavy (non-hydrogen) atoms. The molecule has 3 aromatic heterocycles. The molecule has 0 bridgehead atoms. The number of aromatic nitrogens is 2. The van der Waals surface area contributed by atoms with Gasteiger partial charge in [0.25, 0.3) is 0 Å². The first kappa shape index (κ1) is 10.6. The minimum Gasteiger partial charge on any atom is -0.262 e. The van der Waals surface area contributed by atoms with Crippen LogP contribution in [0.3, 0.4) is 0 Å². The fourth-order valence-electron chi connectivity index (χ4n) is 1.72. The van der Waals surface area contributed by atoms with Crippen molar-refractivity contribution in [1.29, 1.82) is 0 Å². The maximum absolute atomic E-state index is 13.7. The maximum atomic E-state index is 13.7. The lowest BCUT2D eigenvalue weighted by molar-refractivity contribution is 0.625. The lowest BCUT2D eigenvalue weighted by Gasteiger charge is -2.01. The van der Waals surface area contributed by atoms with Crippen LogP contribution in [-0.2, 0) is 0 Å². The minimum absolute atomic E-state index is 0.355. The molecule has 0 unspecified atom stereocenters. The third kappa shape index (κ3) is 1.69. The van der Waals surface area contributed by atoms with Crippen molar-refractivity contribution < 1.29 is 4.39 Å². The predicted molar refractivity (Wildman–Crippen MR) is 67.8 cm³/mol. The molecule has 2 nitrogen and oxygen atoms in total. The molecule has 84 valence electrons.